The maximum absolute atomic E-state index is 13.0. The third-order valence-corrected chi connectivity index (χ3v) is 7.59. The van der Waals surface area contributed by atoms with Crippen LogP contribution in [0.5, 0.6) is 0 Å². The van der Waals surface area contributed by atoms with Crippen molar-refractivity contribution in [1.29, 1.82) is 0 Å². The average Bonchev–Trinajstić information content (AvgIpc) is 2.96. The molecule has 0 aliphatic carbocycles. The van der Waals surface area contributed by atoms with E-state index >= 15 is 0 Å². The lowest BCUT2D eigenvalue weighted by Crippen LogP contribution is -2.35. The monoisotopic (exact) mass is 580 g/mol. The van der Waals surface area contributed by atoms with Crippen LogP contribution in [0, 0.1) is 6.92 Å². The van der Waals surface area contributed by atoms with Crippen LogP contribution >= 0.6 is 11.6 Å². The Morgan fingerprint density at radius 2 is 1.76 bits per heavy atom. The molecule has 202 valence electrons. The summed E-state index contributed by atoms with van der Waals surface area (Å²) in [7, 11) is 0. The van der Waals surface area contributed by atoms with Crippen molar-refractivity contribution in [2.45, 2.75) is 12.7 Å². The van der Waals surface area contributed by atoms with Crippen molar-refractivity contribution in [2.75, 3.05) is 0 Å². The topological polar surface area (TPSA) is 137 Å². The van der Waals surface area contributed by atoms with Gasteiger partial charge >= 0.3 is 0 Å². The number of carbonyl (C=O) groups excluding carboxylic acids is 1. The second-order valence-corrected chi connectivity index (χ2v) is 10.8. The van der Waals surface area contributed by atoms with Crippen LogP contribution < -0.4 is 10.3 Å². The largest absolute Gasteiger partial charge is 0.593 e. The minimum Gasteiger partial charge on any atom is -0.593 e. The lowest BCUT2D eigenvalue weighted by molar-refractivity contribution is 0.0980. The third kappa shape index (κ3) is 5.53. The fourth-order valence-corrected chi connectivity index (χ4v) is 5.57. The van der Waals surface area contributed by atoms with E-state index in [1.54, 1.807) is 24.4 Å². The van der Waals surface area contributed by atoms with Gasteiger partial charge in [-0.15, -0.1) is 0 Å². The zero-order valence-corrected chi connectivity index (χ0v) is 23.2. The molecule has 0 radical (unpaired) electrons. The number of hydrogen-bond donors (Lipinski definition) is 2. The molecule has 9 nitrogen and oxygen atoms in total. The number of nitrogens with zero attached hydrogens (tertiary/aromatic N) is 4. The minimum atomic E-state index is -1.80. The van der Waals surface area contributed by atoms with Crippen LogP contribution in [0.25, 0.3) is 44.6 Å². The summed E-state index contributed by atoms with van der Waals surface area (Å²) in [5.74, 6) is -0.796. The van der Waals surface area contributed by atoms with Crippen LogP contribution in [0.1, 0.15) is 21.7 Å². The van der Waals surface area contributed by atoms with Crippen molar-refractivity contribution in [3.63, 3.8) is 0 Å². The summed E-state index contributed by atoms with van der Waals surface area (Å²) in [4.78, 5) is 46.8. The molecule has 0 saturated heterocycles. The van der Waals surface area contributed by atoms with Gasteiger partial charge in [-0.3, -0.25) is 19.6 Å². The van der Waals surface area contributed by atoms with Gasteiger partial charge in [-0.25, -0.2) is 9.97 Å². The highest BCUT2D eigenvalue weighted by Gasteiger charge is 2.21. The fourth-order valence-electron chi connectivity index (χ4n) is 4.48. The number of amides is 1. The Bertz CT molecular complexity index is 2000. The number of aromatic amines is 1. The second kappa shape index (κ2) is 11.1. The molecule has 0 bridgehead atoms. The Balaban J connectivity index is 1.43. The molecule has 6 rings (SSSR count). The minimum absolute atomic E-state index is 0.000869. The van der Waals surface area contributed by atoms with Crippen LogP contribution in [0.3, 0.4) is 0 Å². The van der Waals surface area contributed by atoms with Gasteiger partial charge in [0.05, 0.1) is 39.0 Å². The molecular formula is C30H21ClN6O3S. The van der Waals surface area contributed by atoms with Gasteiger partial charge in [0.1, 0.15) is 11.1 Å². The summed E-state index contributed by atoms with van der Waals surface area (Å²) in [6.07, 6.45) is 1.67. The molecule has 6 aromatic rings. The lowest BCUT2D eigenvalue weighted by Gasteiger charge is -2.13. The Morgan fingerprint density at radius 1 is 0.951 bits per heavy atom. The maximum Gasteiger partial charge on any atom is 0.297 e. The SMILES string of the molecule is Cc1cccc(C[S+]([O-])NC(=O)c2cc3nc(-c4cc(Cl)c5ncccc5c4)c(-c4ccccc4)nc3[nH]c2=O)n1. The molecule has 0 spiro atoms. The van der Waals surface area contributed by atoms with Crippen LogP contribution in [-0.2, 0) is 17.1 Å². The molecule has 4 heterocycles. The highest BCUT2D eigenvalue weighted by atomic mass is 35.5. The quantitative estimate of drug-likeness (QED) is 0.260. The number of rotatable bonds is 6. The van der Waals surface area contributed by atoms with E-state index in [0.717, 1.165) is 16.6 Å². The third-order valence-electron chi connectivity index (χ3n) is 6.34. The number of nitrogens with one attached hydrogen (secondary N) is 2. The number of aryl methyl sites for hydroxylation is 1. The molecule has 1 amide bonds. The van der Waals surface area contributed by atoms with Gasteiger partial charge in [-0.05, 0) is 43.3 Å². The number of carbonyl (C=O) groups is 1. The highest BCUT2D eigenvalue weighted by molar-refractivity contribution is 7.89. The molecule has 0 aliphatic heterocycles. The van der Waals surface area contributed by atoms with Crippen molar-refractivity contribution in [3.8, 4) is 22.5 Å². The second-order valence-electron chi connectivity index (χ2n) is 9.26. The molecular weight excluding hydrogens is 560 g/mol. The standard InChI is InChI=1S/C30H21ClN6O3S/c1-17-7-5-11-21(33-17)16-41(40)37-30(39)22-15-24-28(36-29(22)38)35-26(18-8-3-2-4-9-18)27(34-24)20-13-19-10-6-12-32-25(19)23(31)14-20/h2-15H,16H2,1H3,(H,37,39)(H,35,36,38). The zero-order valence-electron chi connectivity index (χ0n) is 21.6. The fraction of sp³-hybridized carbons (Fsp3) is 0.0667. The van der Waals surface area contributed by atoms with E-state index in [4.69, 9.17) is 21.6 Å². The first-order valence-electron chi connectivity index (χ1n) is 12.5. The summed E-state index contributed by atoms with van der Waals surface area (Å²) in [5, 5.41) is 1.27. The Morgan fingerprint density at radius 3 is 2.56 bits per heavy atom. The first-order valence-corrected chi connectivity index (χ1v) is 14.2. The van der Waals surface area contributed by atoms with Crippen molar-refractivity contribution in [3.05, 3.63) is 117 Å². The van der Waals surface area contributed by atoms with Gasteiger partial charge < -0.3 is 9.54 Å². The summed E-state index contributed by atoms with van der Waals surface area (Å²) >= 11 is 4.78. The average molecular weight is 581 g/mol. The number of fused-ring (bicyclic) bond motifs is 2. The smallest absolute Gasteiger partial charge is 0.297 e. The van der Waals surface area contributed by atoms with E-state index in [0.29, 0.717) is 33.2 Å². The summed E-state index contributed by atoms with van der Waals surface area (Å²) < 4.78 is 15.0. The first kappa shape index (κ1) is 26.6. The molecule has 11 heteroatoms. The van der Waals surface area contributed by atoms with Crippen LogP contribution in [0.2, 0.25) is 5.02 Å². The highest BCUT2D eigenvalue weighted by Crippen LogP contribution is 2.34. The Labute approximate surface area is 242 Å². The molecule has 0 fully saturated rings. The molecule has 1 atom stereocenters. The van der Waals surface area contributed by atoms with Gasteiger partial charge in [0.2, 0.25) is 0 Å². The van der Waals surface area contributed by atoms with E-state index < -0.39 is 22.8 Å². The van der Waals surface area contributed by atoms with Gasteiger partial charge in [-0.2, -0.15) is 4.72 Å². The molecule has 0 saturated carbocycles. The van der Waals surface area contributed by atoms with Gasteiger partial charge in [0, 0.05) is 28.4 Å². The van der Waals surface area contributed by atoms with Crippen LogP contribution in [0.4, 0.5) is 0 Å². The van der Waals surface area contributed by atoms with Crippen LogP contribution in [-0.4, -0.2) is 35.4 Å². The number of benzene rings is 2. The van der Waals surface area contributed by atoms with Gasteiger partial charge in [0.15, 0.2) is 11.4 Å². The number of aromatic nitrogens is 5. The Hall–Kier alpha value is -4.64. The lowest BCUT2D eigenvalue weighted by atomic mass is 10.0. The number of hydrogen-bond acceptors (Lipinski definition) is 7. The zero-order chi connectivity index (χ0) is 28.5. The van der Waals surface area contributed by atoms with E-state index in [-0.39, 0.29) is 22.5 Å². The van der Waals surface area contributed by atoms with E-state index in [1.165, 1.54) is 6.07 Å². The van der Waals surface area contributed by atoms with Crippen molar-refractivity contribution in [1.82, 2.24) is 29.6 Å². The van der Waals surface area contributed by atoms with E-state index in [9.17, 15) is 14.1 Å². The molecule has 4 aromatic heterocycles. The van der Waals surface area contributed by atoms with Crippen molar-refractivity contribution in [2.24, 2.45) is 0 Å². The molecule has 41 heavy (non-hydrogen) atoms. The maximum atomic E-state index is 13.0. The van der Waals surface area contributed by atoms with Gasteiger partial charge in [-0.1, -0.05) is 54.1 Å². The van der Waals surface area contributed by atoms with Crippen LogP contribution in [0.15, 0.2) is 89.9 Å². The van der Waals surface area contributed by atoms with Crippen molar-refractivity contribution < 1.29 is 9.35 Å². The van der Waals surface area contributed by atoms with E-state index in [1.807, 2.05) is 61.5 Å². The normalized spacial score (nSPS) is 12.0. The van der Waals surface area contributed by atoms with Gasteiger partial charge in [0.25, 0.3) is 11.5 Å². The summed E-state index contributed by atoms with van der Waals surface area (Å²) in [6.45, 7) is 1.82. The first-order chi connectivity index (χ1) is 19.9. The summed E-state index contributed by atoms with van der Waals surface area (Å²) in [6, 6.07) is 23.5. The predicted molar refractivity (Wildman–Crippen MR) is 160 cm³/mol. The predicted octanol–water partition coefficient (Wildman–Crippen LogP) is 5.15. The molecule has 2 aromatic carbocycles. The van der Waals surface area contributed by atoms with Crippen molar-refractivity contribution >= 4 is 50.9 Å². The number of H-pyrrole nitrogens is 1. The molecule has 1 unspecified atom stereocenters. The number of pyridine rings is 3. The molecule has 0 aliphatic rings. The van der Waals surface area contributed by atoms with E-state index in [2.05, 4.69) is 19.7 Å². The Kier molecular flexibility index (Phi) is 7.19. The summed E-state index contributed by atoms with van der Waals surface area (Å²) in [5.41, 5.74) is 4.04. The molecule has 2 N–H and O–H groups in total. The number of halogens is 1.